The van der Waals surface area contributed by atoms with Crippen molar-refractivity contribution < 1.29 is 0 Å². The van der Waals surface area contributed by atoms with Gasteiger partial charge in [0.15, 0.2) is 0 Å². The van der Waals surface area contributed by atoms with Crippen molar-refractivity contribution in [3.8, 4) is 0 Å². The van der Waals surface area contributed by atoms with Crippen molar-refractivity contribution in [2.45, 2.75) is 31.0 Å². The zero-order valence-electron chi connectivity index (χ0n) is 8.26. The number of rotatable bonds is 6. The van der Waals surface area contributed by atoms with Gasteiger partial charge in [-0.05, 0) is 18.4 Å². The van der Waals surface area contributed by atoms with E-state index < -0.39 is 12.3 Å². The van der Waals surface area contributed by atoms with Gasteiger partial charge in [0.05, 0.1) is 0 Å². The Morgan fingerprint density at radius 2 is 1.64 bits per heavy atom. The monoisotopic (exact) mass is 244 g/mol. The molecule has 0 amide bonds. The van der Waals surface area contributed by atoms with Crippen LogP contribution in [0.2, 0.25) is 5.28 Å². The first-order chi connectivity index (χ1) is 6.79. The predicted molar refractivity (Wildman–Crippen MR) is 66.3 cm³/mol. The van der Waals surface area contributed by atoms with Gasteiger partial charge in [-0.3, -0.25) is 0 Å². The summed E-state index contributed by atoms with van der Waals surface area (Å²) in [5, 5.41) is 1.05. The molecule has 0 aliphatic carbocycles. The number of hydrogen-bond acceptors (Lipinski definition) is 0. The van der Waals surface area contributed by atoms with E-state index in [0.29, 0.717) is 0 Å². The molecular weight excluding hydrogens is 230 g/mol. The Morgan fingerprint density at radius 3 is 2.29 bits per heavy atom. The maximum absolute atomic E-state index is 5.78. The third kappa shape index (κ3) is 5.94. The van der Waals surface area contributed by atoms with Crippen molar-refractivity contribution in [1.29, 1.82) is 0 Å². The van der Waals surface area contributed by atoms with Crippen molar-refractivity contribution in [3.05, 3.63) is 35.9 Å². The van der Waals surface area contributed by atoms with Crippen LogP contribution in [0.25, 0.3) is 0 Å². The van der Waals surface area contributed by atoms with Gasteiger partial charge in [0, 0.05) is 0 Å². The van der Waals surface area contributed by atoms with Gasteiger partial charge in [-0.25, -0.2) is 20.1 Å². The minimum absolute atomic E-state index is 1.05. The first-order valence-electron chi connectivity index (χ1n) is 5.11. The second-order valence-electron chi connectivity index (χ2n) is 3.48. The van der Waals surface area contributed by atoms with Crippen LogP contribution in [0.5, 0.6) is 0 Å². The molecule has 0 aromatic heterocycles. The van der Waals surface area contributed by atoms with Gasteiger partial charge in [-0.15, -0.1) is 0 Å². The molecule has 1 aromatic rings. The normalized spacial score (nSPS) is 10.1. The van der Waals surface area contributed by atoms with E-state index >= 15 is 0 Å². The van der Waals surface area contributed by atoms with Gasteiger partial charge >= 0.3 is 12.3 Å². The average Bonchev–Trinajstić information content (AvgIpc) is 2.18. The fourth-order valence-electron chi connectivity index (χ4n) is 1.45. The highest BCUT2D eigenvalue weighted by molar-refractivity contribution is 7.33. The lowest BCUT2D eigenvalue weighted by molar-refractivity contribution is 0.716. The van der Waals surface area contributed by atoms with Gasteiger partial charge in [0.25, 0.3) is 0 Å². The fourth-order valence-corrected chi connectivity index (χ4v) is 2.97. The van der Waals surface area contributed by atoms with Crippen LogP contribution in [0, 0.1) is 0 Å². The summed E-state index contributed by atoms with van der Waals surface area (Å²) in [4.78, 5) is 0. The van der Waals surface area contributed by atoms with Crippen molar-refractivity contribution in [2.24, 2.45) is 0 Å². The van der Waals surface area contributed by atoms with E-state index in [1.54, 1.807) is 0 Å². The molecule has 0 atom stereocenters. The minimum atomic E-state index is -1.34. The van der Waals surface area contributed by atoms with Crippen LogP contribution < -0.4 is 0 Å². The van der Waals surface area contributed by atoms with E-state index in [1.807, 2.05) is 0 Å². The smallest absolute Gasteiger partial charge is 0.234 e. The first-order valence-corrected chi connectivity index (χ1v) is 9.42. The molecule has 0 aliphatic heterocycles. The highest BCUT2D eigenvalue weighted by atomic mass is 35.7. The van der Waals surface area contributed by atoms with E-state index in [0.717, 1.165) is 5.28 Å². The standard InChI is InChI=1S/C11H15.Al.2ClH/c1-2-3-5-8-11-9-6-4-7-10-11;;;/h4,6-7,9-10H,1-3,5,8H2;;2*1H/q;+2;;/p-2. The molecule has 0 N–H and O–H groups in total. The maximum atomic E-state index is 5.78. The summed E-state index contributed by atoms with van der Waals surface area (Å²) in [5.41, 5.74) is 1.43. The summed E-state index contributed by atoms with van der Waals surface area (Å²) < 4.78 is 0. The Balaban J connectivity index is 2.05. The maximum Gasteiger partial charge on any atom is 0.519 e. The average molecular weight is 245 g/mol. The summed E-state index contributed by atoms with van der Waals surface area (Å²) in [7, 11) is 11.6. The lowest BCUT2D eigenvalue weighted by Gasteiger charge is -2.00. The van der Waals surface area contributed by atoms with Crippen LogP contribution in [-0.2, 0) is 6.42 Å². The third-order valence-corrected chi connectivity index (χ3v) is 4.38. The summed E-state index contributed by atoms with van der Waals surface area (Å²) >= 11 is -1.34. The minimum Gasteiger partial charge on any atom is -0.234 e. The highest BCUT2D eigenvalue weighted by Crippen LogP contribution is 2.12. The molecule has 3 heteroatoms. The molecule has 0 saturated heterocycles. The molecule has 0 heterocycles. The molecule has 0 fully saturated rings. The molecule has 14 heavy (non-hydrogen) atoms. The number of halogens is 2. The van der Waals surface area contributed by atoms with Gasteiger partial charge in [-0.2, -0.15) is 0 Å². The fraction of sp³-hybridized carbons (Fsp3) is 0.455. The Kier molecular flexibility index (Phi) is 6.73. The van der Waals surface area contributed by atoms with Crippen LogP contribution in [0.3, 0.4) is 0 Å². The van der Waals surface area contributed by atoms with E-state index in [-0.39, 0.29) is 0 Å². The van der Waals surface area contributed by atoms with Crippen molar-refractivity contribution in [2.75, 3.05) is 0 Å². The van der Waals surface area contributed by atoms with Crippen LogP contribution in [0.1, 0.15) is 24.8 Å². The van der Waals surface area contributed by atoms with E-state index in [4.69, 9.17) is 20.1 Å². The summed E-state index contributed by atoms with van der Waals surface area (Å²) in [6.07, 6.45) is 4.87. The van der Waals surface area contributed by atoms with E-state index in [9.17, 15) is 0 Å². The first kappa shape index (κ1) is 12.4. The van der Waals surface area contributed by atoms with Crippen LogP contribution in [0.15, 0.2) is 30.3 Å². The Hall–Kier alpha value is 0.332. The van der Waals surface area contributed by atoms with Gasteiger partial charge in [0.2, 0.25) is 0 Å². The van der Waals surface area contributed by atoms with Crippen LogP contribution in [0.4, 0.5) is 0 Å². The summed E-state index contributed by atoms with van der Waals surface area (Å²) in [6, 6.07) is 10.6. The predicted octanol–water partition coefficient (Wildman–Crippen LogP) is 4.37. The Bertz CT molecular complexity index is 236. The van der Waals surface area contributed by atoms with Crippen LogP contribution in [-0.4, -0.2) is 12.3 Å². The molecule has 0 radical (unpaired) electrons. The van der Waals surface area contributed by atoms with Gasteiger partial charge in [-0.1, -0.05) is 48.5 Å². The molecule has 0 bridgehead atoms. The SMILES string of the molecule is [Cl][Al]([Cl])[CH2]CCCCc1ccccc1. The lowest BCUT2D eigenvalue weighted by Crippen LogP contribution is -1.92. The van der Waals surface area contributed by atoms with Crippen molar-refractivity contribution in [1.82, 2.24) is 0 Å². The van der Waals surface area contributed by atoms with Crippen molar-refractivity contribution >= 4 is 32.4 Å². The highest BCUT2D eigenvalue weighted by Gasteiger charge is 2.08. The quantitative estimate of drug-likeness (QED) is 0.515. The third-order valence-electron chi connectivity index (χ3n) is 2.23. The molecule has 0 unspecified atom stereocenters. The Morgan fingerprint density at radius 1 is 0.929 bits per heavy atom. The summed E-state index contributed by atoms with van der Waals surface area (Å²) in [5.74, 6) is 0. The largest absolute Gasteiger partial charge is 0.519 e. The molecule has 76 valence electrons. The molecule has 1 aromatic carbocycles. The topological polar surface area (TPSA) is 0 Å². The number of hydrogen-bond donors (Lipinski definition) is 0. The number of unbranched alkanes of at least 4 members (excludes halogenated alkanes) is 2. The lowest BCUT2D eigenvalue weighted by atomic mass is 10.1. The second kappa shape index (κ2) is 7.60. The zero-order chi connectivity index (χ0) is 10.2. The Labute approximate surface area is 99.0 Å². The zero-order valence-corrected chi connectivity index (χ0v) is 10.9. The molecule has 0 spiro atoms. The van der Waals surface area contributed by atoms with Gasteiger partial charge in [0.1, 0.15) is 0 Å². The molecule has 0 saturated carbocycles. The van der Waals surface area contributed by atoms with E-state index in [2.05, 4.69) is 30.3 Å². The molecule has 1 rings (SSSR count). The van der Waals surface area contributed by atoms with E-state index in [1.165, 1.54) is 31.2 Å². The molecule has 0 aliphatic rings. The molecule has 0 nitrogen and oxygen atoms in total. The van der Waals surface area contributed by atoms with Crippen LogP contribution >= 0.6 is 20.1 Å². The second-order valence-corrected chi connectivity index (χ2v) is 8.67. The van der Waals surface area contributed by atoms with Gasteiger partial charge < -0.3 is 0 Å². The summed E-state index contributed by atoms with van der Waals surface area (Å²) in [6.45, 7) is 0. The number of benzene rings is 1. The van der Waals surface area contributed by atoms with Crippen molar-refractivity contribution in [3.63, 3.8) is 0 Å². The molecular formula is C11H15AlCl2. The number of aryl methyl sites for hydroxylation is 1.